The molecule has 0 saturated heterocycles. The van der Waals surface area contributed by atoms with E-state index in [9.17, 15) is 5.11 Å². The van der Waals surface area contributed by atoms with Gasteiger partial charge in [-0.3, -0.25) is 0 Å². The minimum atomic E-state index is -0.861. The molecular formula is C15H25NO2. The maximum absolute atomic E-state index is 10.6. The van der Waals surface area contributed by atoms with Gasteiger partial charge in [0, 0.05) is 18.2 Å². The maximum Gasteiger partial charge on any atom is 0.107 e. The normalized spacial score (nSPS) is 20.7. The van der Waals surface area contributed by atoms with Crippen molar-refractivity contribution in [1.82, 2.24) is 5.32 Å². The van der Waals surface area contributed by atoms with Crippen LogP contribution in [0.5, 0.6) is 0 Å². The molecule has 18 heavy (non-hydrogen) atoms. The van der Waals surface area contributed by atoms with Crippen LogP contribution in [0, 0.1) is 19.8 Å². The van der Waals surface area contributed by atoms with Gasteiger partial charge in [-0.25, -0.2) is 0 Å². The molecule has 0 bridgehead atoms. The summed E-state index contributed by atoms with van der Waals surface area (Å²) in [5.41, 5.74) is 0.0331. The highest BCUT2D eigenvalue weighted by atomic mass is 16.3. The predicted octanol–water partition coefficient (Wildman–Crippen LogP) is 2.88. The zero-order chi connectivity index (χ0) is 13.3. The quantitative estimate of drug-likeness (QED) is 0.817. The number of furan rings is 1. The first-order valence-corrected chi connectivity index (χ1v) is 6.92. The molecule has 1 aromatic rings. The van der Waals surface area contributed by atoms with E-state index in [1.54, 1.807) is 0 Å². The van der Waals surface area contributed by atoms with E-state index in [4.69, 9.17) is 4.42 Å². The highest BCUT2D eigenvalue weighted by Crippen LogP contribution is 2.33. The molecule has 102 valence electrons. The summed E-state index contributed by atoms with van der Waals surface area (Å²) < 4.78 is 5.49. The zero-order valence-corrected chi connectivity index (χ0v) is 11.9. The monoisotopic (exact) mass is 251 g/mol. The molecule has 1 saturated carbocycles. The van der Waals surface area contributed by atoms with Crippen LogP contribution < -0.4 is 5.32 Å². The van der Waals surface area contributed by atoms with Crippen molar-refractivity contribution in [3.63, 3.8) is 0 Å². The van der Waals surface area contributed by atoms with Crippen LogP contribution in [-0.2, 0) is 5.60 Å². The van der Waals surface area contributed by atoms with E-state index in [1.807, 2.05) is 26.8 Å². The smallest absolute Gasteiger partial charge is 0.107 e. The maximum atomic E-state index is 10.6. The van der Waals surface area contributed by atoms with Crippen molar-refractivity contribution in [2.24, 2.45) is 5.92 Å². The van der Waals surface area contributed by atoms with Crippen molar-refractivity contribution >= 4 is 0 Å². The van der Waals surface area contributed by atoms with Gasteiger partial charge >= 0.3 is 0 Å². The second kappa shape index (κ2) is 5.06. The lowest BCUT2D eigenvalue weighted by Crippen LogP contribution is -2.40. The molecule has 1 fully saturated rings. The molecule has 2 unspecified atom stereocenters. The highest BCUT2D eigenvalue weighted by Gasteiger charge is 2.29. The van der Waals surface area contributed by atoms with Gasteiger partial charge in [0.05, 0.1) is 0 Å². The van der Waals surface area contributed by atoms with Gasteiger partial charge in [0.2, 0.25) is 0 Å². The Hall–Kier alpha value is -0.800. The van der Waals surface area contributed by atoms with E-state index in [0.29, 0.717) is 12.6 Å². The van der Waals surface area contributed by atoms with E-state index >= 15 is 0 Å². The molecule has 0 aromatic carbocycles. The summed E-state index contributed by atoms with van der Waals surface area (Å²) in [6, 6.07) is 2.40. The van der Waals surface area contributed by atoms with Crippen molar-refractivity contribution in [3.8, 4) is 0 Å². The van der Waals surface area contributed by atoms with Crippen molar-refractivity contribution in [2.75, 3.05) is 6.54 Å². The van der Waals surface area contributed by atoms with Crippen LogP contribution >= 0.6 is 0 Å². The number of nitrogens with one attached hydrogen (secondary N) is 1. The summed E-state index contributed by atoms with van der Waals surface area (Å²) in [5.74, 6) is 2.58. The average molecular weight is 251 g/mol. The van der Waals surface area contributed by atoms with Gasteiger partial charge in [-0.2, -0.15) is 0 Å². The van der Waals surface area contributed by atoms with Crippen molar-refractivity contribution < 1.29 is 9.52 Å². The van der Waals surface area contributed by atoms with Crippen LogP contribution in [0.4, 0.5) is 0 Å². The van der Waals surface area contributed by atoms with E-state index < -0.39 is 5.60 Å². The van der Waals surface area contributed by atoms with Gasteiger partial charge in [0.1, 0.15) is 17.1 Å². The van der Waals surface area contributed by atoms with Crippen molar-refractivity contribution in [1.29, 1.82) is 0 Å². The Balaban J connectivity index is 1.91. The van der Waals surface area contributed by atoms with E-state index in [0.717, 1.165) is 23.0 Å². The van der Waals surface area contributed by atoms with Gasteiger partial charge in [0.15, 0.2) is 0 Å². The molecule has 0 aliphatic heterocycles. The fraction of sp³-hybridized carbons (Fsp3) is 0.733. The Morgan fingerprint density at radius 1 is 1.50 bits per heavy atom. The molecule has 0 radical (unpaired) electrons. The van der Waals surface area contributed by atoms with Crippen LogP contribution in [0.3, 0.4) is 0 Å². The molecule has 2 atom stereocenters. The predicted molar refractivity (Wildman–Crippen MR) is 72.6 cm³/mol. The molecule has 3 heteroatoms. The van der Waals surface area contributed by atoms with Crippen LogP contribution in [0.15, 0.2) is 10.5 Å². The Labute approximate surface area is 110 Å². The lowest BCUT2D eigenvalue weighted by molar-refractivity contribution is 0.0524. The summed E-state index contributed by atoms with van der Waals surface area (Å²) in [6.45, 7) is 8.43. The molecule has 1 aromatic heterocycles. The molecule has 1 aliphatic rings. The third kappa shape index (κ3) is 3.36. The topological polar surface area (TPSA) is 45.4 Å². The summed E-state index contributed by atoms with van der Waals surface area (Å²) >= 11 is 0. The zero-order valence-electron chi connectivity index (χ0n) is 11.9. The molecule has 2 rings (SSSR count). The first kappa shape index (κ1) is 13.6. The molecular weight excluding hydrogens is 226 g/mol. The molecule has 1 heterocycles. The van der Waals surface area contributed by atoms with Crippen LogP contribution in [0.1, 0.15) is 50.2 Å². The lowest BCUT2D eigenvalue weighted by Gasteiger charge is -2.25. The second-order valence-corrected chi connectivity index (χ2v) is 6.06. The number of aliphatic hydroxyl groups is 1. The van der Waals surface area contributed by atoms with Crippen LogP contribution in [-0.4, -0.2) is 17.7 Å². The van der Waals surface area contributed by atoms with Crippen LogP contribution in [0.2, 0.25) is 0 Å². The number of rotatable bonds is 6. The van der Waals surface area contributed by atoms with Gasteiger partial charge in [0.25, 0.3) is 0 Å². The Morgan fingerprint density at radius 2 is 2.17 bits per heavy atom. The molecule has 2 N–H and O–H groups in total. The van der Waals surface area contributed by atoms with Crippen molar-refractivity contribution in [2.45, 2.75) is 58.6 Å². The summed E-state index contributed by atoms with van der Waals surface area (Å²) in [6.07, 6.45) is 3.98. The SMILES string of the molecule is Cc1cc(C(C)(O)CNC(C)CC2CC2)c(C)o1. The van der Waals surface area contributed by atoms with Gasteiger partial charge in [-0.1, -0.05) is 12.8 Å². The third-order valence-electron chi connectivity index (χ3n) is 3.80. The fourth-order valence-electron chi connectivity index (χ4n) is 2.57. The molecule has 1 aliphatic carbocycles. The fourth-order valence-corrected chi connectivity index (χ4v) is 2.57. The van der Waals surface area contributed by atoms with Gasteiger partial charge in [-0.15, -0.1) is 0 Å². The Kier molecular flexibility index (Phi) is 3.83. The second-order valence-electron chi connectivity index (χ2n) is 6.06. The number of hydrogen-bond donors (Lipinski definition) is 2. The van der Waals surface area contributed by atoms with E-state index in [2.05, 4.69) is 12.2 Å². The summed E-state index contributed by atoms with van der Waals surface area (Å²) in [4.78, 5) is 0. The van der Waals surface area contributed by atoms with Gasteiger partial charge < -0.3 is 14.8 Å². The van der Waals surface area contributed by atoms with Gasteiger partial charge in [-0.05, 0) is 46.1 Å². The largest absolute Gasteiger partial charge is 0.466 e. The molecule has 0 amide bonds. The van der Waals surface area contributed by atoms with Crippen molar-refractivity contribution in [3.05, 3.63) is 23.2 Å². The summed E-state index contributed by atoms with van der Waals surface area (Å²) in [5, 5.41) is 14.0. The summed E-state index contributed by atoms with van der Waals surface area (Å²) in [7, 11) is 0. The minimum absolute atomic E-state index is 0.470. The molecule has 0 spiro atoms. The Morgan fingerprint density at radius 3 is 2.67 bits per heavy atom. The third-order valence-corrected chi connectivity index (χ3v) is 3.80. The highest BCUT2D eigenvalue weighted by molar-refractivity contribution is 5.26. The average Bonchev–Trinajstić information content (AvgIpc) is 3.00. The van der Waals surface area contributed by atoms with Crippen LogP contribution in [0.25, 0.3) is 0 Å². The van der Waals surface area contributed by atoms with E-state index in [-0.39, 0.29) is 0 Å². The number of hydrogen-bond acceptors (Lipinski definition) is 3. The van der Waals surface area contributed by atoms with E-state index in [1.165, 1.54) is 19.3 Å². The minimum Gasteiger partial charge on any atom is -0.466 e. The first-order chi connectivity index (χ1) is 8.38. The lowest BCUT2D eigenvalue weighted by atomic mass is 9.95. The number of aryl methyl sites for hydroxylation is 2. The Bertz CT molecular complexity index is 405. The molecule has 3 nitrogen and oxygen atoms in total. The first-order valence-electron chi connectivity index (χ1n) is 6.92. The standard InChI is InChI=1S/C15H25NO2/c1-10(7-13-5-6-13)16-9-15(4,17)14-8-11(2)18-12(14)3/h8,10,13,16-17H,5-7,9H2,1-4H3.